The van der Waals surface area contributed by atoms with Gasteiger partial charge in [-0.15, -0.1) is 0 Å². The van der Waals surface area contributed by atoms with Crippen LogP contribution in [-0.4, -0.2) is 30.6 Å². The molecule has 1 unspecified atom stereocenters. The molecule has 1 atom stereocenters. The SMILES string of the molecule is CN1CCCC(F)C1=O. The number of piperidine rings is 1. The van der Waals surface area contributed by atoms with Gasteiger partial charge in [-0.3, -0.25) is 4.79 Å². The molecule has 1 amide bonds. The molecule has 2 nitrogen and oxygen atoms in total. The van der Waals surface area contributed by atoms with Crippen molar-refractivity contribution in [3.63, 3.8) is 0 Å². The van der Waals surface area contributed by atoms with Crippen LogP contribution in [0.15, 0.2) is 0 Å². The Morgan fingerprint density at radius 2 is 2.44 bits per heavy atom. The summed E-state index contributed by atoms with van der Waals surface area (Å²) in [5.74, 6) is -0.360. The van der Waals surface area contributed by atoms with Crippen LogP contribution in [0.25, 0.3) is 0 Å². The Morgan fingerprint density at radius 1 is 1.78 bits per heavy atom. The fourth-order valence-corrected chi connectivity index (χ4v) is 0.980. The Labute approximate surface area is 53.6 Å². The Bertz CT molecular complexity index is 114. The lowest BCUT2D eigenvalue weighted by Crippen LogP contribution is -2.39. The molecule has 0 N–H and O–H groups in total. The Morgan fingerprint density at radius 3 is 2.89 bits per heavy atom. The van der Waals surface area contributed by atoms with E-state index in [4.69, 9.17) is 0 Å². The lowest BCUT2D eigenvalue weighted by molar-refractivity contribution is -0.137. The number of amides is 1. The van der Waals surface area contributed by atoms with Crippen LogP contribution >= 0.6 is 0 Å². The van der Waals surface area contributed by atoms with Crippen molar-refractivity contribution >= 4 is 5.91 Å². The Hall–Kier alpha value is -0.600. The third-order valence-electron chi connectivity index (χ3n) is 1.60. The molecular formula is C6H10FNO. The average molecular weight is 131 g/mol. The van der Waals surface area contributed by atoms with Gasteiger partial charge in [0.15, 0.2) is 6.17 Å². The van der Waals surface area contributed by atoms with Gasteiger partial charge < -0.3 is 4.90 Å². The first kappa shape index (κ1) is 6.52. The molecule has 1 rings (SSSR count). The maximum Gasteiger partial charge on any atom is 0.256 e. The van der Waals surface area contributed by atoms with E-state index in [1.165, 1.54) is 4.90 Å². The molecule has 1 aliphatic rings. The normalized spacial score (nSPS) is 28.9. The zero-order chi connectivity index (χ0) is 6.85. The number of likely N-dealkylation sites (tertiary alicyclic amines) is 1. The van der Waals surface area contributed by atoms with Crippen LogP contribution in [-0.2, 0) is 4.79 Å². The van der Waals surface area contributed by atoms with Crippen LogP contribution in [0.2, 0.25) is 0 Å². The molecule has 0 aromatic heterocycles. The Kier molecular flexibility index (Phi) is 1.69. The second-order valence-corrected chi connectivity index (χ2v) is 2.37. The second-order valence-electron chi connectivity index (χ2n) is 2.37. The van der Waals surface area contributed by atoms with Gasteiger partial charge in [0.2, 0.25) is 0 Å². The van der Waals surface area contributed by atoms with Gasteiger partial charge in [0, 0.05) is 13.6 Å². The smallest absolute Gasteiger partial charge is 0.256 e. The summed E-state index contributed by atoms with van der Waals surface area (Å²) < 4.78 is 12.4. The molecule has 52 valence electrons. The number of rotatable bonds is 0. The molecule has 1 saturated heterocycles. The van der Waals surface area contributed by atoms with Crippen molar-refractivity contribution in [2.24, 2.45) is 0 Å². The van der Waals surface area contributed by atoms with Crippen molar-refractivity contribution in [3.05, 3.63) is 0 Å². The quantitative estimate of drug-likeness (QED) is 0.471. The van der Waals surface area contributed by atoms with Crippen LogP contribution in [0.5, 0.6) is 0 Å². The fourth-order valence-electron chi connectivity index (χ4n) is 0.980. The zero-order valence-corrected chi connectivity index (χ0v) is 5.43. The van der Waals surface area contributed by atoms with Crippen LogP contribution < -0.4 is 0 Å². The lowest BCUT2D eigenvalue weighted by atomic mass is 10.1. The van der Waals surface area contributed by atoms with Crippen molar-refractivity contribution in [1.82, 2.24) is 4.90 Å². The molecule has 3 heteroatoms. The number of carbonyl (C=O) groups excluding carboxylic acids is 1. The van der Waals surface area contributed by atoms with Crippen LogP contribution in [0.1, 0.15) is 12.8 Å². The second kappa shape index (κ2) is 2.33. The first-order valence-corrected chi connectivity index (χ1v) is 3.11. The summed E-state index contributed by atoms with van der Waals surface area (Å²) in [6, 6.07) is 0. The summed E-state index contributed by atoms with van der Waals surface area (Å²) in [7, 11) is 1.63. The molecule has 0 saturated carbocycles. The van der Waals surface area contributed by atoms with E-state index in [-0.39, 0.29) is 5.91 Å². The topological polar surface area (TPSA) is 20.3 Å². The van der Waals surface area contributed by atoms with Gasteiger partial charge in [-0.2, -0.15) is 0 Å². The summed E-state index contributed by atoms with van der Waals surface area (Å²) >= 11 is 0. The van der Waals surface area contributed by atoms with Gasteiger partial charge in [0.25, 0.3) is 5.91 Å². The van der Waals surface area contributed by atoms with Crippen molar-refractivity contribution < 1.29 is 9.18 Å². The summed E-state index contributed by atoms with van der Waals surface area (Å²) in [4.78, 5) is 12.1. The standard InChI is InChI=1S/C6H10FNO/c1-8-4-2-3-5(7)6(8)9/h5H,2-4H2,1H3. The van der Waals surface area contributed by atoms with Crippen LogP contribution in [0.4, 0.5) is 4.39 Å². The molecule has 0 aromatic carbocycles. The average Bonchev–Trinajstić information content (AvgIpc) is 1.83. The van der Waals surface area contributed by atoms with Gasteiger partial charge >= 0.3 is 0 Å². The monoisotopic (exact) mass is 131 g/mol. The molecule has 1 fully saturated rings. The molecule has 1 heterocycles. The Balaban J connectivity index is 2.52. The predicted octanol–water partition coefficient (Wildman–Crippen LogP) is 0.577. The van der Waals surface area contributed by atoms with Crippen molar-refractivity contribution in [3.8, 4) is 0 Å². The highest BCUT2D eigenvalue weighted by Crippen LogP contribution is 2.11. The minimum atomic E-state index is -1.23. The summed E-state index contributed by atoms with van der Waals surface area (Å²) in [5, 5.41) is 0. The first-order valence-electron chi connectivity index (χ1n) is 3.11. The number of carbonyl (C=O) groups is 1. The highest BCUT2D eigenvalue weighted by atomic mass is 19.1. The number of hydrogen-bond donors (Lipinski definition) is 0. The first-order chi connectivity index (χ1) is 4.22. The van der Waals surface area contributed by atoms with Gasteiger partial charge in [-0.25, -0.2) is 4.39 Å². The lowest BCUT2D eigenvalue weighted by Gasteiger charge is -2.24. The van der Waals surface area contributed by atoms with E-state index in [1.807, 2.05) is 0 Å². The highest BCUT2D eigenvalue weighted by molar-refractivity contribution is 5.81. The molecule has 0 aliphatic carbocycles. The van der Waals surface area contributed by atoms with E-state index in [9.17, 15) is 9.18 Å². The molecule has 0 spiro atoms. The number of halogens is 1. The third-order valence-corrected chi connectivity index (χ3v) is 1.60. The predicted molar refractivity (Wildman–Crippen MR) is 31.8 cm³/mol. The highest BCUT2D eigenvalue weighted by Gasteiger charge is 2.24. The van der Waals surface area contributed by atoms with E-state index < -0.39 is 6.17 Å². The summed E-state index contributed by atoms with van der Waals surface area (Å²) in [5.41, 5.74) is 0. The molecule has 0 radical (unpaired) electrons. The zero-order valence-electron chi connectivity index (χ0n) is 5.43. The van der Waals surface area contributed by atoms with Gasteiger partial charge in [0.05, 0.1) is 0 Å². The van der Waals surface area contributed by atoms with Gasteiger partial charge in [0.1, 0.15) is 0 Å². The number of nitrogens with zero attached hydrogens (tertiary/aromatic N) is 1. The molecular weight excluding hydrogens is 121 g/mol. The van der Waals surface area contributed by atoms with Gasteiger partial charge in [-0.05, 0) is 12.8 Å². The minimum Gasteiger partial charge on any atom is -0.343 e. The fraction of sp³-hybridized carbons (Fsp3) is 0.833. The largest absolute Gasteiger partial charge is 0.343 e. The van der Waals surface area contributed by atoms with E-state index in [1.54, 1.807) is 7.05 Å². The van der Waals surface area contributed by atoms with Crippen LogP contribution in [0.3, 0.4) is 0 Å². The number of alkyl halides is 1. The minimum absolute atomic E-state index is 0.360. The molecule has 0 bridgehead atoms. The van der Waals surface area contributed by atoms with E-state index in [0.717, 1.165) is 6.42 Å². The van der Waals surface area contributed by atoms with Crippen molar-refractivity contribution in [2.75, 3.05) is 13.6 Å². The maximum absolute atomic E-state index is 12.4. The van der Waals surface area contributed by atoms with Crippen molar-refractivity contribution in [2.45, 2.75) is 19.0 Å². The van der Waals surface area contributed by atoms with E-state index in [0.29, 0.717) is 13.0 Å². The summed E-state index contributed by atoms with van der Waals surface area (Å²) in [6.45, 7) is 0.708. The van der Waals surface area contributed by atoms with E-state index >= 15 is 0 Å². The third kappa shape index (κ3) is 1.20. The molecule has 9 heavy (non-hydrogen) atoms. The van der Waals surface area contributed by atoms with Gasteiger partial charge in [-0.1, -0.05) is 0 Å². The summed E-state index contributed by atoms with van der Waals surface area (Å²) in [6.07, 6.45) is -0.0317. The van der Waals surface area contributed by atoms with Crippen LogP contribution in [0, 0.1) is 0 Å². The molecule has 1 aliphatic heterocycles. The number of hydrogen-bond acceptors (Lipinski definition) is 1. The molecule has 0 aromatic rings. The maximum atomic E-state index is 12.4. The van der Waals surface area contributed by atoms with Crippen molar-refractivity contribution in [1.29, 1.82) is 0 Å². The van der Waals surface area contributed by atoms with E-state index in [2.05, 4.69) is 0 Å².